The number of anilines is 3. The van der Waals surface area contributed by atoms with Crippen LogP contribution < -0.4 is 10.2 Å². The first-order valence-electron chi connectivity index (χ1n) is 7.84. The molecule has 2 aromatic rings. The molecule has 7 heteroatoms. The second-order valence-electron chi connectivity index (χ2n) is 5.93. The molecule has 0 bridgehead atoms. The van der Waals surface area contributed by atoms with E-state index >= 15 is 0 Å². The van der Waals surface area contributed by atoms with Crippen molar-refractivity contribution >= 4 is 34.4 Å². The summed E-state index contributed by atoms with van der Waals surface area (Å²) >= 11 is 0. The Morgan fingerprint density at radius 1 is 1.16 bits per heavy atom. The van der Waals surface area contributed by atoms with E-state index in [2.05, 4.69) is 5.32 Å². The summed E-state index contributed by atoms with van der Waals surface area (Å²) in [6.07, 6.45) is 0.746. The zero-order valence-electron chi connectivity index (χ0n) is 13.9. The average Bonchev–Trinajstić information content (AvgIpc) is 2.98. The van der Waals surface area contributed by atoms with Crippen LogP contribution in [0.4, 0.5) is 22.7 Å². The van der Waals surface area contributed by atoms with Crippen molar-refractivity contribution in [2.45, 2.75) is 20.3 Å². The molecule has 1 aliphatic heterocycles. The van der Waals surface area contributed by atoms with Gasteiger partial charge >= 0.3 is 0 Å². The highest BCUT2D eigenvalue weighted by Gasteiger charge is 2.23. The maximum Gasteiger partial charge on any atom is 0.293 e. The largest absolute Gasteiger partial charge is 0.350 e. The molecule has 1 aliphatic rings. The summed E-state index contributed by atoms with van der Waals surface area (Å²) in [5.41, 5.74) is 3.05. The number of nitrogens with zero attached hydrogens (tertiary/aromatic N) is 2. The van der Waals surface area contributed by atoms with Gasteiger partial charge in [-0.3, -0.25) is 19.7 Å². The Kier molecular flexibility index (Phi) is 4.22. The Balaban J connectivity index is 1.92. The van der Waals surface area contributed by atoms with Crippen LogP contribution in [-0.2, 0) is 11.2 Å². The monoisotopic (exact) mass is 339 g/mol. The molecule has 7 nitrogen and oxygen atoms in total. The zero-order valence-corrected chi connectivity index (χ0v) is 13.9. The number of carbonyl (C=O) groups is 2. The smallest absolute Gasteiger partial charge is 0.293 e. The van der Waals surface area contributed by atoms with E-state index < -0.39 is 4.92 Å². The number of nitro benzene ring substituents is 1. The van der Waals surface area contributed by atoms with Gasteiger partial charge in [-0.15, -0.1) is 0 Å². The van der Waals surface area contributed by atoms with Crippen LogP contribution >= 0.6 is 0 Å². The number of fused-ring (bicyclic) bond motifs is 1. The highest BCUT2D eigenvalue weighted by atomic mass is 16.6. The van der Waals surface area contributed by atoms with Crippen molar-refractivity contribution in [2.24, 2.45) is 0 Å². The molecule has 0 saturated heterocycles. The number of carbonyl (C=O) groups excluding carboxylic acids is 2. The predicted octanol–water partition coefficient (Wildman–Crippen LogP) is 3.45. The lowest BCUT2D eigenvalue weighted by Gasteiger charge is -2.15. The van der Waals surface area contributed by atoms with Crippen LogP contribution in [0.1, 0.15) is 29.8 Å². The quantitative estimate of drug-likeness (QED) is 0.523. The second kappa shape index (κ2) is 6.35. The van der Waals surface area contributed by atoms with Crippen molar-refractivity contribution in [1.29, 1.82) is 0 Å². The van der Waals surface area contributed by atoms with Gasteiger partial charge in [0.05, 0.1) is 4.92 Å². The van der Waals surface area contributed by atoms with Gasteiger partial charge < -0.3 is 10.2 Å². The molecule has 25 heavy (non-hydrogen) atoms. The zero-order chi connectivity index (χ0) is 18.1. The van der Waals surface area contributed by atoms with E-state index in [9.17, 15) is 19.7 Å². The molecule has 0 saturated carbocycles. The first-order chi connectivity index (χ1) is 11.9. The minimum absolute atomic E-state index is 0.00471. The Morgan fingerprint density at radius 2 is 1.92 bits per heavy atom. The Labute approximate surface area is 144 Å². The lowest BCUT2D eigenvalue weighted by Crippen LogP contribution is -2.25. The van der Waals surface area contributed by atoms with E-state index in [1.54, 1.807) is 17.0 Å². The molecule has 0 aromatic heterocycles. The summed E-state index contributed by atoms with van der Waals surface area (Å²) in [4.78, 5) is 35.5. The first kappa shape index (κ1) is 16.6. The molecule has 0 unspecified atom stereocenters. The van der Waals surface area contributed by atoms with Gasteiger partial charge in [-0.1, -0.05) is 0 Å². The van der Waals surface area contributed by atoms with Crippen LogP contribution in [0.5, 0.6) is 0 Å². The molecule has 2 aromatic carbocycles. The average molecular weight is 339 g/mol. The van der Waals surface area contributed by atoms with E-state index in [1.807, 2.05) is 12.1 Å². The second-order valence-corrected chi connectivity index (χ2v) is 5.93. The fourth-order valence-corrected chi connectivity index (χ4v) is 2.97. The molecule has 1 heterocycles. The summed E-state index contributed by atoms with van der Waals surface area (Å²) < 4.78 is 0. The Bertz CT molecular complexity index is 892. The lowest BCUT2D eigenvalue weighted by atomic mass is 10.1. The highest BCUT2D eigenvalue weighted by Crippen LogP contribution is 2.33. The van der Waals surface area contributed by atoms with Gasteiger partial charge in [0.1, 0.15) is 5.69 Å². The van der Waals surface area contributed by atoms with Crippen LogP contribution in [-0.4, -0.2) is 23.2 Å². The van der Waals surface area contributed by atoms with Gasteiger partial charge in [-0.2, -0.15) is 0 Å². The van der Waals surface area contributed by atoms with Gasteiger partial charge in [-0.25, -0.2) is 0 Å². The number of rotatable bonds is 4. The van der Waals surface area contributed by atoms with E-state index in [4.69, 9.17) is 0 Å². The maximum atomic E-state index is 11.6. The van der Waals surface area contributed by atoms with Crippen molar-refractivity contribution < 1.29 is 14.5 Å². The van der Waals surface area contributed by atoms with E-state index in [0.29, 0.717) is 23.5 Å². The van der Waals surface area contributed by atoms with E-state index in [-0.39, 0.29) is 17.4 Å². The molecule has 128 valence electrons. The van der Waals surface area contributed by atoms with Crippen LogP contribution in [0.25, 0.3) is 0 Å². The topological polar surface area (TPSA) is 92.6 Å². The number of nitrogens with one attached hydrogen (secondary N) is 1. The minimum atomic E-state index is -0.514. The van der Waals surface area contributed by atoms with Crippen molar-refractivity contribution in [3.8, 4) is 0 Å². The standard InChI is InChI=1S/C18H17N3O4/c1-11(22)13-3-5-16(18(10-13)21(24)25)19-15-4-6-17-14(9-15)7-8-20(17)12(2)23/h3-6,9-10,19H,7-8H2,1-2H3. The summed E-state index contributed by atoms with van der Waals surface area (Å²) in [7, 11) is 0. The number of amides is 1. The highest BCUT2D eigenvalue weighted by molar-refractivity contribution is 5.96. The number of nitro groups is 1. The van der Waals surface area contributed by atoms with Crippen molar-refractivity contribution in [1.82, 2.24) is 0 Å². The molecule has 3 rings (SSSR count). The van der Waals surface area contributed by atoms with Crippen molar-refractivity contribution in [3.05, 3.63) is 57.6 Å². The molecule has 0 aliphatic carbocycles. The fraction of sp³-hybridized carbons (Fsp3) is 0.222. The van der Waals surface area contributed by atoms with Crippen LogP contribution in [0, 0.1) is 10.1 Å². The number of hydrogen-bond donors (Lipinski definition) is 1. The summed E-state index contributed by atoms with van der Waals surface area (Å²) in [6, 6.07) is 9.87. The molecule has 0 spiro atoms. The van der Waals surface area contributed by atoms with Gasteiger partial charge in [0, 0.05) is 36.5 Å². The number of benzene rings is 2. The van der Waals surface area contributed by atoms with E-state index in [1.165, 1.54) is 26.0 Å². The fourth-order valence-electron chi connectivity index (χ4n) is 2.97. The number of ketones is 1. The number of Topliss-reactive ketones (excluding diaryl/α,β-unsaturated/α-hetero) is 1. The van der Waals surface area contributed by atoms with Gasteiger partial charge in [0.25, 0.3) is 5.69 Å². The Morgan fingerprint density at radius 3 is 2.56 bits per heavy atom. The first-order valence-corrected chi connectivity index (χ1v) is 7.84. The predicted molar refractivity (Wildman–Crippen MR) is 94.6 cm³/mol. The third-order valence-electron chi connectivity index (χ3n) is 4.24. The van der Waals surface area contributed by atoms with E-state index in [0.717, 1.165) is 17.7 Å². The third kappa shape index (κ3) is 3.21. The molecule has 1 amide bonds. The molecule has 0 fully saturated rings. The van der Waals surface area contributed by atoms with Crippen molar-refractivity contribution in [2.75, 3.05) is 16.8 Å². The summed E-state index contributed by atoms with van der Waals surface area (Å²) in [5.74, 6) is -0.230. The molecular formula is C18H17N3O4. The third-order valence-corrected chi connectivity index (χ3v) is 4.24. The van der Waals surface area contributed by atoms with Gasteiger partial charge in [-0.05, 0) is 49.2 Å². The molecule has 0 radical (unpaired) electrons. The summed E-state index contributed by atoms with van der Waals surface area (Å²) in [6.45, 7) is 3.54. The molecule has 0 atom stereocenters. The SMILES string of the molecule is CC(=O)c1ccc(Nc2ccc3c(c2)CCN3C(C)=O)c([N+](=O)[O-])c1. The molecular weight excluding hydrogens is 322 g/mol. The maximum absolute atomic E-state index is 11.6. The van der Waals surface area contributed by atoms with Crippen LogP contribution in [0.3, 0.4) is 0 Å². The van der Waals surface area contributed by atoms with Gasteiger partial charge in [0.15, 0.2) is 5.78 Å². The van der Waals surface area contributed by atoms with Crippen molar-refractivity contribution in [3.63, 3.8) is 0 Å². The summed E-state index contributed by atoms with van der Waals surface area (Å²) in [5, 5.41) is 14.3. The minimum Gasteiger partial charge on any atom is -0.350 e. The number of hydrogen-bond acceptors (Lipinski definition) is 5. The van der Waals surface area contributed by atoms with Crippen LogP contribution in [0.15, 0.2) is 36.4 Å². The Hall–Kier alpha value is -3.22. The normalized spacial score (nSPS) is 12.6. The molecule has 1 N–H and O–H groups in total. The van der Waals surface area contributed by atoms with Gasteiger partial charge in [0.2, 0.25) is 5.91 Å². The lowest BCUT2D eigenvalue weighted by molar-refractivity contribution is -0.383. The van der Waals surface area contributed by atoms with Crippen LogP contribution in [0.2, 0.25) is 0 Å².